The number of thiazole rings is 1. The fourth-order valence-corrected chi connectivity index (χ4v) is 7.32. The van der Waals surface area contributed by atoms with Gasteiger partial charge >= 0.3 is 5.97 Å². The summed E-state index contributed by atoms with van der Waals surface area (Å²) in [6, 6.07) is 12.1. The minimum atomic E-state index is -0.921. The zero-order valence-corrected chi connectivity index (χ0v) is 24.2. The summed E-state index contributed by atoms with van der Waals surface area (Å²) in [6.45, 7) is 0.750. The first kappa shape index (κ1) is 27.6. The van der Waals surface area contributed by atoms with Crippen LogP contribution in [-0.4, -0.2) is 57.4 Å². The van der Waals surface area contributed by atoms with Gasteiger partial charge in [-0.25, -0.2) is 4.98 Å². The van der Waals surface area contributed by atoms with Crippen molar-refractivity contribution < 1.29 is 19.5 Å². The van der Waals surface area contributed by atoms with Gasteiger partial charge in [-0.3, -0.25) is 24.3 Å². The van der Waals surface area contributed by atoms with Gasteiger partial charge in [0.15, 0.2) is 5.13 Å². The molecule has 1 aliphatic heterocycles. The van der Waals surface area contributed by atoms with Gasteiger partial charge in [0.1, 0.15) is 0 Å². The van der Waals surface area contributed by atoms with Crippen LogP contribution in [0.3, 0.4) is 0 Å². The molecule has 2 aromatic heterocycles. The molecular formula is C32H36N4O4S. The molecule has 2 aliphatic carbocycles. The van der Waals surface area contributed by atoms with Crippen LogP contribution < -0.4 is 4.90 Å². The lowest BCUT2D eigenvalue weighted by Gasteiger charge is -2.26. The van der Waals surface area contributed by atoms with Gasteiger partial charge in [0.25, 0.3) is 0 Å². The fourth-order valence-electron chi connectivity index (χ4n) is 6.41. The number of nitrogens with zero attached hydrogens (tertiary/aromatic N) is 4. The van der Waals surface area contributed by atoms with Crippen LogP contribution in [0.15, 0.2) is 48.0 Å². The second-order valence-electron chi connectivity index (χ2n) is 11.8. The molecule has 0 radical (unpaired) electrons. The zero-order chi connectivity index (χ0) is 28.5. The van der Waals surface area contributed by atoms with Crippen LogP contribution in [0.4, 0.5) is 5.13 Å². The fraction of sp³-hybridized carbons (Fsp3) is 0.469. The van der Waals surface area contributed by atoms with Gasteiger partial charge < -0.3 is 10.0 Å². The number of carboxylic acid groups (broad SMARTS) is 1. The first-order valence-electron chi connectivity index (χ1n) is 14.7. The lowest BCUT2D eigenvalue weighted by atomic mass is 9.90. The first-order valence-corrected chi connectivity index (χ1v) is 15.6. The number of benzene rings is 1. The number of likely N-dealkylation sites (tertiary alicyclic amines) is 1. The molecule has 1 N–H and O–H groups in total. The third kappa shape index (κ3) is 5.91. The number of carbonyl (C=O) groups is 3. The van der Waals surface area contributed by atoms with Gasteiger partial charge in [0.05, 0.1) is 23.7 Å². The van der Waals surface area contributed by atoms with Crippen LogP contribution in [0.25, 0.3) is 22.4 Å². The Kier molecular flexibility index (Phi) is 7.88. The Bertz CT molecular complexity index is 1430. The molecule has 1 unspecified atom stereocenters. The highest BCUT2D eigenvalue weighted by Gasteiger charge is 2.40. The number of pyridine rings is 1. The average Bonchev–Trinajstić information content (AvgIpc) is 3.31. The van der Waals surface area contributed by atoms with Gasteiger partial charge in [-0.05, 0) is 43.2 Å². The Balaban J connectivity index is 1.26. The predicted molar refractivity (Wildman–Crippen MR) is 159 cm³/mol. The van der Waals surface area contributed by atoms with Crippen LogP contribution in [0.5, 0.6) is 0 Å². The Morgan fingerprint density at radius 1 is 1.07 bits per heavy atom. The third-order valence-electron chi connectivity index (χ3n) is 8.80. The molecule has 6 rings (SSSR count). The summed E-state index contributed by atoms with van der Waals surface area (Å²) in [4.78, 5) is 51.2. The van der Waals surface area contributed by atoms with Crippen LogP contribution in [0.1, 0.15) is 69.4 Å². The quantitative estimate of drug-likeness (QED) is 0.320. The summed E-state index contributed by atoms with van der Waals surface area (Å²) >= 11 is 1.44. The number of aromatic nitrogens is 2. The molecular weight excluding hydrogens is 536 g/mol. The van der Waals surface area contributed by atoms with Gasteiger partial charge in [-0.15, -0.1) is 11.3 Å². The summed E-state index contributed by atoms with van der Waals surface area (Å²) in [6.07, 6.45) is 9.42. The monoisotopic (exact) mass is 572 g/mol. The topological polar surface area (TPSA) is 104 Å². The van der Waals surface area contributed by atoms with Crippen molar-refractivity contribution in [3.63, 3.8) is 0 Å². The predicted octanol–water partition coefficient (Wildman–Crippen LogP) is 5.98. The van der Waals surface area contributed by atoms with E-state index in [1.54, 1.807) is 9.80 Å². The van der Waals surface area contributed by atoms with E-state index in [2.05, 4.69) is 4.98 Å². The summed E-state index contributed by atoms with van der Waals surface area (Å²) in [5, 5.41) is 12.2. The number of hydrogen-bond acceptors (Lipinski definition) is 6. The molecule has 3 aromatic rings. The molecule has 0 spiro atoms. The highest BCUT2D eigenvalue weighted by molar-refractivity contribution is 7.14. The Labute approximate surface area is 244 Å². The number of rotatable bonds is 10. The minimum Gasteiger partial charge on any atom is -0.481 e. The van der Waals surface area contributed by atoms with Crippen LogP contribution in [0, 0.1) is 11.8 Å². The molecule has 0 bridgehead atoms. The number of aliphatic carboxylic acids is 1. The van der Waals surface area contributed by atoms with Crippen LogP contribution >= 0.6 is 11.3 Å². The van der Waals surface area contributed by atoms with Crippen LogP contribution in [-0.2, 0) is 14.4 Å². The van der Waals surface area contributed by atoms with Gasteiger partial charge in [-0.1, -0.05) is 56.0 Å². The smallest absolute Gasteiger partial charge is 0.304 e. The molecule has 1 saturated heterocycles. The van der Waals surface area contributed by atoms with E-state index >= 15 is 0 Å². The van der Waals surface area contributed by atoms with Crippen molar-refractivity contribution in [2.75, 3.05) is 18.5 Å². The Hall–Kier alpha value is -3.59. The van der Waals surface area contributed by atoms with Crippen molar-refractivity contribution in [3.05, 3.63) is 53.7 Å². The van der Waals surface area contributed by atoms with Crippen molar-refractivity contribution in [1.29, 1.82) is 0 Å². The molecule has 9 heteroatoms. The first-order chi connectivity index (χ1) is 19.9. The molecule has 41 heavy (non-hydrogen) atoms. The molecule has 2 atom stereocenters. The zero-order valence-electron chi connectivity index (χ0n) is 23.4. The minimum absolute atomic E-state index is 0.0886. The Morgan fingerprint density at radius 2 is 1.83 bits per heavy atom. The summed E-state index contributed by atoms with van der Waals surface area (Å²) in [5.41, 5.74) is 4.43. The Morgan fingerprint density at radius 3 is 2.46 bits per heavy atom. The number of carbonyl (C=O) groups excluding carboxylic acids is 2. The van der Waals surface area contributed by atoms with E-state index in [1.165, 1.54) is 11.3 Å². The number of amides is 2. The van der Waals surface area contributed by atoms with E-state index < -0.39 is 11.9 Å². The van der Waals surface area contributed by atoms with Gasteiger partial charge in [0.2, 0.25) is 11.8 Å². The summed E-state index contributed by atoms with van der Waals surface area (Å²) < 4.78 is 0. The maximum absolute atomic E-state index is 13.9. The van der Waals surface area contributed by atoms with E-state index in [-0.39, 0.29) is 30.2 Å². The lowest BCUT2D eigenvalue weighted by molar-refractivity contribution is -0.141. The summed E-state index contributed by atoms with van der Waals surface area (Å²) in [5.74, 6) is -1.18. The molecule has 1 aromatic carbocycles. The molecule has 214 valence electrons. The lowest BCUT2D eigenvalue weighted by Crippen LogP contribution is -2.39. The number of anilines is 1. The second kappa shape index (κ2) is 11.7. The van der Waals surface area contributed by atoms with Gasteiger partial charge in [0, 0.05) is 48.3 Å². The van der Waals surface area contributed by atoms with Crippen molar-refractivity contribution in [2.45, 2.75) is 69.7 Å². The largest absolute Gasteiger partial charge is 0.481 e. The highest BCUT2D eigenvalue weighted by Crippen LogP contribution is 2.41. The standard InChI is InChI=1S/C32H36N4O4S/c1-35-15-14-26(31(35)40)27-13-10-21(18-33-27)24-8-4-5-9-25(24)28-19-41-32(34-28)36(23-11-12-23)30(39)22(17-29(37)38)16-20-6-2-3-7-20/h4-5,8-10,13,18-20,22-23,26H,2-3,6-7,11-12,14-17H2,1H3,(H,37,38)/t22-,26?/m1/s1. The second-order valence-corrected chi connectivity index (χ2v) is 12.6. The molecule has 3 heterocycles. The van der Waals surface area contributed by atoms with Gasteiger partial charge in [-0.2, -0.15) is 0 Å². The number of likely N-dealkylation sites (N-methyl/N-ethyl adjacent to an activating group) is 1. The molecule has 2 saturated carbocycles. The van der Waals surface area contributed by atoms with E-state index in [9.17, 15) is 19.5 Å². The van der Waals surface area contributed by atoms with Crippen LogP contribution in [0.2, 0.25) is 0 Å². The normalized spacial score (nSPS) is 20.0. The highest BCUT2D eigenvalue weighted by atomic mass is 32.1. The van der Waals surface area contributed by atoms with E-state index in [4.69, 9.17) is 4.98 Å². The van der Waals surface area contributed by atoms with Crippen molar-refractivity contribution in [2.24, 2.45) is 11.8 Å². The number of hydrogen-bond donors (Lipinski definition) is 1. The summed E-state index contributed by atoms with van der Waals surface area (Å²) in [7, 11) is 1.83. The average molecular weight is 573 g/mol. The molecule has 8 nitrogen and oxygen atoms in total. The van der Waals surface area contributed by atoms with Crippen molar-refractivity contribution in [1.82, 2.24) is 14.9 Å². The van der Waals surface area contributed by atoms with E-state index in [0.29, 0.717) is 17.5 Å². The maximum atomic E-state index is 13.9. The maximum Gasteiger partial charge on any atom is 0.304 e. The van der Waals surface area contributed by atoms with E-state index in [1.807, 2.05) is 55.0 Å². The van der Waals surface area contributed by atoms with Crippen molar-refractivity contribution in [3.8, 4) is 22.4 Å². The molecule has 3 fully saturated rings. The SMILES string of the molecule is CN1CCC(c2ccc(-c3ccccc3-c3csc(N(C(=O)[C@@H](CC(=O)O)CC4CCCC4)C4CC4)n3)cn2)C1=O. The third-order valence-corrected chi connectivity index (χ3v) is 9.64. The molecule has 2 amide bonds. The molecule has 3 aliphatic rings. The van der Waals surface area contributed by atoms with Crippen molar-refractivity contribution >= 4 is 34.3 Å². The number of carboxylic acids is 1. The van der Waals surface area contributed by atoms with E-state index in [0.717, 1.165) is 79.6 Å².